The molecule has 2 nitrogen and oxygen atoms in total. The molecular formula is C8H16FNO. The molecule has 1 heterocycles. The number of halogens is 1. The van der Waals surface area contributed by atoms with Crippen molar-refractivity contribution in [2.75, 3.05) is 13.1 Å². The number of likely N-dealkylation sites (tertiary alicyclic amines) is 1. The van der Waals surface area contributed by atoms with E-state index >= 15 is 0 Å². The zero-order chi connectivity index (χ0) is 8.43. The van der Waals surface area contributed by atoms with Crippen LogP contribution >= 0.6 is 0 Å². The monoisotopic (exact) mass is 161 g/mol. The average Bonchev–Trinajstić information content (AvgIpc) is 1.94. The number of rotatable bonds is 1. The van der Waals surface area contributed by atoms with Gasteiger partial charge in [0, 0.05) is 19.1 Å². The second-order valence-corrected chi connectivity index (χ2v) is 3.46. The maximum atomic E-state index is 12.7. The zero-order valence-electron chi connectivity index (χ0n) is 7.13. The minimum atomic E-state index is -1.01. The predicted molar refractivity (Wildman–Crippen MR) is 42.2 cm³/mol. The first-order chi connectivity index (χ1) is 5.11. The van der Waals surface area contributed by atoms with E-state index in [1.165, 1.54) is 0 Å². The molecule has 66 valence electrons. The average molecular weight is 161 g/mol. The number of hydrogen-bond acceptors (Lipinski definition) is 2. The minimum Gasteiger partial charge on any atom is -0.389 e. The lowest BCUT2D eigenvalue weighted by Gasteiger charge is -2.34. The quantitative estimate of drug-likeness (QED) is 0.615. The van der Waals surface area contributed by atoms with E-state index in [0.717, 1.165) is 6.54 Å². The van der Waals surface area contributed by atoms with Crippen molar-refractivity contribution in [2.24, 2.45) is 0 Å². The first-order valence-electron chi connectivity index (χ1n) is 4.17. The van der Waals surface area contributed by atoms with Crippen LogP contribution in [0, 0.1) is 0 Å². The molecule has 0 spiro atoms. The van der Waals surface area contributed by atoms with Crippen molar-refractivity contribution in [2.45, 2.75) is 38.6 Å². The van der Waals surface area contributed by atoms with Crippen LogP contribution in [-0.4, -0.2) is 41.4 Å². The maximum absolute atomic E-state index is 12.7. The highest BCUT2D eigenvalue weighted by molar-refractivity contribution is 4.80. The number of piperidine rings is 1. The fourth-order valence-electron chi connectivity index (χ4n) is 1.40. The number of alkyl halides is 1. The van der Waals surface area contributed by atoms with Gasteiger partial charge in [0.25, 0.3) is 0 Å². The van der Waals surface area contributed by atoms with Crippen LogP contribution in [0.15, 0.2) is 0 Å². The van der Waals surface area contributed by atoms with E-state index in [9.17, 15) is 9.50 Å². The molecule has 1 fully saturated rings. The van der Waals surface area contributed by atoms with E-state index in [1.807, 2.05) is 0 Å². The van der Waals surface area contributed by atoms with Gasteiger partial charge in [-0.3, -0.25) is 4.90 Å². The van der Waals surface area contributed by atoms with E-state index in [-0.39, 0.29) is 0 Å². The van der Waals surface area contributed by atoms with E-state index in [2.05, 4.69) is 18.7 Å². The van der Waals surface area contributed by atoms with Gasteiger partial charge in [0.15, 0.2) is 0 Å². The van der Waals surface area contributed by atoms with Crippen LogP contribution in [0.1, 0.15) is 20.3 Å². The smallest absolute Gasteiger partial charge is 0.128 e. The van der Waals surface area contributed by atoms with Gasteiger partial charge in [-0.05, 0) is 20.3 Å². The molecule has 0 amide bonds. The second kappa shape index (κ2) is 3.50. The second-order valence-electron chi connectivity index (χ2n) is 3.46. The number of aliphatic hydroxyl groups is 1. The highest BCUT2D eigenvalue weighted by Crippen LogP contribution is 2.15. The van der Waals surface area contributed by atoms with Crippen LogP contribution in [0.4, 0.5) is 4.39 Å². The molecule has 1 aliphatic heterocycles. The Kier molecular flexibility index (Phi) is 2.84. The summed E-state index contributed by atoms with van der Waals surface area (Å²) in [5, 5.41) is 9.18. The molecule has 3 heteroatoms. The van der Waals surface area contributed by atoms with E-state index in [4.69, 9.17) is 0 Å². The molecule has 0 radical (unpaired) electrons. The zero-order valence-corrected chi connectivity index (χ0v) is 7.13. The topological polar surface area (TPSA) is 23.5 Å². The summed E-state index contributed by atoms with van der Waals surface area (Å²) in [6.07, 6.45) is -1.31. The van der Waals surface area contributed by atoms with Crippen molar-refractivity contribution in [3.63, 3.8) is 0 Å². The van der Waals surface area contributed by atoms with Gasteiger partial charge in [-0.25, -0.2) is 4.39 Å². The molecule has 11 heavy (non-hydrogen) atoms. The Morgan fingerprint density at radius 1 is 1.55 bits per heavy atom. The van der Waals surface area contributed by atoms with Crippen molar-refractivity contribution in [1.82, 2.24) is 4.90 Å². The Morgan fingerprint density at radius 2 is 2.18 bits per heavy atom. The van der Waals surface area contributed by atoms with E-state index < -0.39 is 12.3 Å². The van der Waals surface area contributed by atoms with Crippen LogP contribution in [0.2, 0.25) is 0 Å². The fraction of sp³-hybridized carbons (Fsp3) is 1.00. The third kappa shape index (κ3) is 2.14. The summed E-state index contributed by atoms with van der Waals surface area (Å²) in [6.45, 7) is 5.38. The van der Waals surface area contributed by atoms with Crippen LogP contribution in [0.25, 0.3) is 0 Å². The van der Waals surface area contributed by atoms with Gasteiger partial charge in [-0.15, -0.1) is 0 Å². The maximum Gasteiger partial charge on any atom is 0.128 e. The molecule has 1 aliphatic rings. The number of hydrogen-bond donors (Lipinski definition) is 1. The van der Waals surface area contributed by atoms with Gasteiger partial charge < -0.3 is 5.11 Å². The summed E-state index contributed by atoms with van der Waals surface area (Å²) >= 11 is 0. The highest BCUT2D eigenvalue weighted by atomic mass is 19.1. The molecule has 0 aromatic carbocycles. The lowest BCUT2D eigenvalue weighted by atomic mass is 10.1. The largest absolute Gasteiger partial charge is 0.389 e. The van der Waals surface area contributed by atoms with Gasteiger partial charge in [-0.2, -0.15) is 0 Å². The number of β-amino-alcohol motifs (C(OH)–C–C–N with tert-alkyl or cyclic N) is 1. The molecular weight excluding hydrogens is 145 g/mol. The highest BCUT2D eigenvalue weighted by Gasteiger charge is 2.28. The molecule has 0 bridgehead atoms. The summed E-state index contributed by atoms with van der Waals surface area (Å²) in [7, 11) is 0. The summed E-state index contributed by atoms with van der Waals surface area (Å²) in [5.74, 6) is 0. The van der Waals surface area contributed by atoms with Crippen LogP contribution < -0.4 is 0 Å². The molecule has 0 unspecified atom stereocenters. The van der Waals surface area contributed by atoms with Crippen molar-refractivity contribution >= 4 is 0 Å². The van der Waals surface area contributed by atoms with Crippen LogP contribution in [-0.2, 0) is 0 Å². The third-order valence-electron chi connectivity index (χ3n) is 2.26. The van der Waals surface area contributed by atoms with Crippen LogP contribution in [0.5, 0.6) is 0 Å². The van der Waals surface area contributed by atoms with Crippen molar-refractivity contribution in [3.05, 3.63) is 0 Å². The SMILES string of the molecule is CC(C)N1CC[C@@H](F)[C@@H](O)C1. The normalized spacial score (nSPS) is 34.6. The minimum absolute atomic E-state index is 0.414. The lowest BCUT2D eigenvalue weighted by Crippen LogP contribution is -2.47. The molecule has 0 saturated carbocycles. The Balaban J connectivity index is 2.40. The molecule has 2 atom stereocenters. The summed E-state index contributed by atoms with van der Waals surface area (Å²) in [4.78, 5) is 2.10. The lowest BCUT2D eigenvalue weighted by molar-refractivity contribution is -0.00660. The molecule has 0 aliphatic carbocycles. The van der Waals surface area contributed by atoms with Gasteiger partial charge in [-0.1, -0.05) is 0 Å². The van der Waals surface area contributed by atoms with Gasteiger partial charge >= 0.3 is 0 Å². The summed E-state index contributed by atoms with van der Waals surface area (Å²) in [6, 6.07) is 0.414. The van der Waals surface area contributed by atoms with Crippen molar-refractivity contribution < 1.29 is 9.50 Å². The fourth-order valence-corrected chi connectivity index (χ4v) is 1.40. The van der Waals surface area contributed by atoms with Crippen molar-refractivity contribution in [1.29, 1.82) is 0 Å². The van der Waals surface area contributed by atoms with Gasteiger partial charge in [0.1, 0.15) is 6.17 Å². The van der Waals surface area contributed by atoms with E-state index in [0.29, 0.717) is 19.0 Å². The Labute approximate surface area is 67.0 Å². The summed E-state index contributed by atoms with van der Waals surface area (Å²) in [5.41, 5.74) is 0. The first kappa shape index (κ1) is 8.94. The molecule has 1 N–H and O–H groups in total. The Hall–Kier alpha value is -0.150. The Bertz CT molecular complexity index is 129. The Morgan fingerprint density at radius 3 is 2.64 bits per heavy atom. The third-order valence-corrected chi connectivity index (χ3v) is 2.26. The molecule has 1 saturated heterocycles. The van der Waals surface area contributed by atoms with Gasteiger partial charge in [0.2, 0.25) is 0 Å². The molecule has 0 aromatic rings. The van der Waals surface area contributed by atoms with Crippen molar-refractivity contribution in [3.8, 4) is 0 Å². The predicted octanol–water partition coefficient (Wildman–Crippen LogP) is 0.799. The first-order valence-corrected chi connectivity index (χ1v) is 4.17. The summed E-state index contributed by atoms with van der Waals surface area (Å²) < 4.78 is 12.7. The molecule has 1 rings (SSSR count). The van der Waals surface area contributed by atoms with E-state index in [1.54, 1.807) is 0 Å². The standard InChI is InChI=1S/C8H16FNO/c1-6(2)10-4-3-7(9)8(11)5-10/h6-8,11H,3-5H2,1-2H3/t7-,8+/m1/s1. The molecule has 0 aromatic heterocycles. The number of aliphatic hydroxyl groups excluding tert-OH is 1. The number of nitrogens with zero attached hydrogens (tertiary/aromatic N) is 1. The van der Waals surface area contributed by atoms with Gasteiger partial charge in [0.05, 0.1) is 6.10 Å². The van der Waals surface area contributed by atoms with Crippen LogP contribution in [0.3, 0.4) is 0 Å².